The zero-order valence-corrected chi connectivity index (χ0v) is 13.0. The van der Waals surface area contributed by atoms with Gasteiger partial charge in [0, 0.05) is 30.1 Å². The molecular formula is C17H22N2O2. The normalized spacial score (nSPS) is 23.6. The van der Waals surface area contributed by atoms with Crippen LogP contribution in [0, 0.1) is 5.41 Å². The van der Waals surface area contributed by atoms with Crippen LogP contribution in [0.2, 0.25) is 0 Å². The molecule has 1 N–H and O–H groups in total. The smallest absolute Gasteiger partial charge is 0.134 e. The van der Waals surface area contributed by atoms with Crippen LogP contribution < -0.4 is 10.1 Å². The zero-order valence-electron chi connectivity index (χ0n) is 13.0. The minimum absolute atomic E-state index is 0.116. The third kappa shape index (κ3) is 2.33. The first-order chi connectivity index (χ1) is 10.1. The third-order valence-electron chi connectivity index (χ3n) is 4.74. The standard InChI is InChI=1S/C17H22N2O2/c1-17(2)14(10-15(17)21-4)19-16-13-6-5-12(20-3)9-11(13)7-8-18-16/h5-9,14-15H,10H2,1-4H3,(H,18,19). The molecule has 1 aromatic carbocycles. The van der Waals surface area contributed by atoms with E-state index in [9.17, 15) is 0 Å². The summed E-state index contributed by atoms with van der Waals surface area (Å²) in [5.41, 5.74) is 0.116. The summed E-state index contributed by atoms with van der Waals surface area (Å²) in [7, 11) is 3.47. The number of pyridine rings is 1. The Hall–Kier alpha value is -1.81. The number of hydrogen-bond acceptors (Lipinski definition) is 4. The highest BCUT2D eigenvalue weighted by molar-refractivity contribution is 5.92. The predicted molar refractivity (Wildman–Crippen MR) is 84.9 cm³/mol. The lowest BCUT2D eigenvalue weighted by Gasteiger charge is -2.51. The molecule has 1 aliphatic carbocycles. The molecule has 2 atom stereocenters. The van der Waals surface area contributed by atoms with E-state index in [4.69, 9.17) is 9.47 Å². The topological polar surface area (TPSA) is 43.4 Å². The van der Waals surface area contributed by atoms with E-state index in [0.29, 0.717) is 12.1 Å². The summed E-state index contributed by atoms with van der Waals surface area (Å²) >= 11 is 0. The second-order valence-corrected chi connectivity index (χ2v) is 6.22. The Morgan fingerprint density at radius 3 is 2.71 bits per heavy atom. The van der Waals surface area contributed by atoms with Gasteiger partial charge in [-0.15, -0.1) is 0 Å². The number of aromatic nitrogens is 1. The SMILES string of the molecule is COc1ccc2c(NC3CC(OC)C3(C)C)nccc2c1. The van der Waals surface area contributed by atoms with E-state index >= 15 is 0 Å². The van der Waals surface area contributed by atoms with Gasteiger partial charge in [0.2, 0.25) is 0 Å². The van der Waals surface area contributed by atoms with Crippen LogP contribution in [0.1, 0.15) is 20.3 Å². The lowest BCUT2D eigenvalue weighted by molar-refractivity contribution is -0.0795. The van der Waals surface area contributed by atoms with Gasteiger partial charge < -0.3 is 14.8 Å². The molecule has 0 aliphatic heterocycles. The van der Waals surface area contributed by atoms with Crippen LogP contribution in [0.15, 0.2) is 30.5 Å². The molecule has 0 bridgehead atoms. The summed E-state index contributed by atoms with van der Waals surface area (Å²) in [4.78, 5) is 4.51. The molecule has 1 fully saturated rings. The van der Waals surface area contributed by atoms with E-state index < -0.39 is 0 Å². The first-order valence-electron chi connectivity index (χ1n) is 7.28. The summed E-state index contributed by atoms with van der Waals surface area (Å²) in [5, 5.41) is 5.83. The van der Waals surface area contributed by atoms with Crippen molar-refractivity contribution in [3.8, 4) is 5.75 Å². The summed E-state index contributed by atoms with van der Waals surface area (Å²) in [6.45, 7) is 4.47. The molecule has 1 aromatic heterocycles. The number of rotatable bonds is 4. The van der Waals surface area contributed by atoms with Crippen molar-refractivity contribution in [1.82, 2.24) is 4.98 Å². The molecule has 0 amide bonds. The van der Waals surface area contributed by atoms with E-state index in [1.165, 1.54) is 0 Å². The number of fused-ring (bicyclic) bond motifs is 1. The Bertz CT molecular complexity index is 654. The third-order valence-corrected chi connectivity index (χ3v) is 4.74. The molecule has 1 heterocycles. The number of anilines is 1. The summed E-state index contributed by atoms with van der Waals surface area (Å²) in [6.07, 6.45) is 3.16. The van der Waals surface area contributed by atoms with Crippen LogP contribution in [0.4, 0.5) is 5.82 Å². The van der Waals surface area contributed by atoms with Crippen molar-refractivity contribution in [3.05, 3.63) is 30.5 Å². The fourth-order valence-corrected chi connectivity index (χ4v) is 3.09. The van der Waals surface area contributed by atoms with Gasteiger partial charge in [0.15, 0.2) is 0 Å². The van der Waals surface area contributed by atoms with Crippen molar-refractivity contribution >= 4 is 16.6 Å². The quantitative estimate of drug-likeness (QED) is 0.934. The van der Waals surface area contributed by atoms with Gasteiger partial charge in [-0.2, -0.15) is 0 Å². The van der Waals surface area contributed by atoms with Crippen LogP contribution in [0.3, 0.4) is 0 Å². The molecule has 21 heavy (non-hydrogen) atoms. The lowest BCUT2D eigenvalue weighted by Crippen LogP contribution is -2.57. The van der Waals surface area contributed by atoms with E-state index in [2.05, 4.69) is 30.2 Å². The molecule has 0 radical (unpaired) electrons. The Morgan fingerprint density at radius 1 is 1.24 bits per heavy atom. The highest BCUT2D eigenvalue weighted by atomic mass is 16.5. The largest absolute Gasteiger partial charge is 0.497 e. The second-order valence-electron chi connectivity index (χ2n) is 6.22. The number of benzene rings is 1. The molecule has 0 saturated heterocycles. The Morgan fingerprint density at radius 2 is 2.05 bits per heavy atom. The molecular weight excluding hydrogens is 264 g/mol. The highest BCUT2D eigenvalue weighted by Crippen LogP contribution is 2.44. The summed E-state index contributed by atoms with van der Waals surface area (Å²) in [6, 6.07) is 8.45. The first kappa shape index (κ1) is 14.1. The van der Waals surface area contributed by atoms with Crippen LogP contribution in [0.5, 0.6) is 5.75 Å². The molecule has 4 nitrogen and oxygen atoms in total. The first-order valence-corrected chi connectivity index (χ1v) is 7.28. The average Bonchev–Trinajstić information content (AvgIpc) is 2.50. The van der Waals surface area contributed by atoms with Crippen LogP contribution in [-0.4, -0.2) is 31.3 Å². The summed E-state index contributed by atoms with van der Waals surface area (Å²) in [5.74, 6) is 1.80. The van der Waals surface area contributed by atoms with E-state index in [-0.39, 0.29) is 5.41 Å². The molecule has 0 spiro atoms. The van der Waals surface area contributed by atoms with Gasteiger partial charge in [-0.05, 0) is 36.1 Å². The number of hydrogen-bond donors (Lipinski definition) is 1. The molecule has 3 rings (SSSR count). The van der Waals surface area contributed by atoms with E-state index in [0.717, 1.165) is 28.8 Å². The fourth-order valence-electron chi connectivity index (χ4n) is 3.09. The van der Waals surface area contributed by atoms with Gasteiger partial charge in [-0.1, -0.05) is 13.8 Å². The maximum absolute atomic E-state index is 5.51. The lowest BCUT2D eigenvalue weighted by atomic mass is 9.64. The van der Waals surface area contributed by atoms with Crippen LogP contribution in [-0.2, 0) is 4.74 Å². The van der Waals surface area contributed by atoms with Crippen molar-refractivity contribution < 1.29 is 9.47 Å². The monoisotopic (exact) mass is 286 g/mol. The van der Waals surface area contributed by atoms with Gasteiger partial charge in [-0.3, -0.25) is 0 Å². The Labute approximate surface area is 125 Å². The number of methoxy groups -OCH3 is 2. The zero-order chi connectivity index (χ0) is 15.0. The molecule has 4 heteroatoms. The number of ether oxygens (including phenoxy) is 2. The van der Waals surface area contributed by atoms with Gasteiger partial charge in [-0.25, -0.2) is 4.98 Å². The molecule has 112 valence electrons. The maximum atomic E-state index is 5.51. The van der Waals surface area contributed by atoms with Crippen molar-refractivity contribution in [2.45, 2.75) is 32.4 Å². The van der Waals surface area contributed by atoms with E-state index in [1.54, 1.807) is 14.2 Å². The Kier molecular flexibility index (Phi) is 3.49. The van der Waals surface area contributed by atoms with Crippen molar-refractivity contribution in [2.24, 2.45) is 5.41 Å². The molecule has 1 aliphatic rings. The van der Waals surface area contributed by atoms with Gasteiger partial charge in [0.05, 0.1) is 13.2 Å². The van der Waals surface area contributed by atoms with Gasteiger partial charge in [0.1, 0.15) is 11.6 Å². The maximum Gasteiger partial charge on any atom is 0.134 e. The minimum atomic E-state index is 0.116. The molecule has 1 saturated carbocycles. The summed E-state index contributed by atoms with van der Waals surface area (Å²) < 4.78 is 10.8. The van der Waals surface area contributed by atoms with Gasteiger partial charge in [0.25, 0.3) is 0 Å². The fraction of sp³-hybridized carbons (Fsp3) is 0.471. The van der Waals surface area contributed by atoms with Crippen molar-refractivity contribution in [2.75, 3.05) is 19.5 Å². The predicted octanol–water partition coefficient (Wildman–Crippen LogP) is 3.47. The minimum Gasteiger partial charge on any atom is -0.497 e. The highest BCUT2D eigenvalue weighted by Gasteiger charge is 2.48. The van der Waals surface area contributed by atoms with E-state index in [1.807, 2.05) is 24.4 Å². The van der Waals surface area contributed by atoms with Crippen LogP contribution in [0.25, 0.3) is 10.8 Å². The average molecular weight is 286 g/mol. The van der Waals surface area contributed by atoms with Crippen molar-refractivity contribution in [3.63, 3.8) is 0 Å². The molecule has 2 aromatic rings. The van der Waals surface area contributed by atoms with Crippen molar-refractivity contribution in [1.29, 1.82) is 0 Å². The number of nitrogens with zero attached hydrogens (tertiary/aromatic N) is 1. The Balaban J connectivity index is 1.88. The second kappa shape index (κ2) is 5.19. The van der Waals surface area contributed by atoms with Gasteiger partial charge >= 0.3 is 0 Å². The van der Waals surface area contributed by atoms with Crippen LogP contribution >= 0.6 is 0 Å². The number of nitrogens with one attached hydrogen (secondary N) is 1. The molecule has 2 unspecified atom stereocenters.